The zero-order valence-electron chi connectivity index (χ0n) is 10.6. The lowest BCUT2D eigenvalue weighted by Gasteiger charge is -2.34. The molecule has 1 aromatic rings. The van der Waals surface area contributed by atoms with Crippen LogP contribution in [0.25, 0.3) is 0 Å². The molecule has 1 saturated heterocycles. The molecule has 1 fully saturated rings. The van der Waals surface area contributed by atoms with Crippen molar-refractivity contribution in [2.24, 2.45) is 0 Å². The summed E-state index contributed by atoms with van der Waals surface area (Å²) in [4.78, 5) is 26.4. The van der Waals surface area contributed by atoms with Gasteiger partial charge >= 0.3 is 0 Å². The molecule has 0 saturated carbocycles. The maximum Gasteiger partial charge on any atom is 0.272 e. The number of phenolic OH excluding ortho intramolecular Hbond substituents is 1. The highest BCUT2D eigenvalue weighted by atomic mass is 35.5. The molecule has 0 spiro atoms. The molecule has 0 radical (unpaired) electrons. The van der Waals surface area contributed by atoms with Crippen molar-refractivity contribution in [2.75, 3.05) is 26.2 Å². The van der Waals surface area contributed by atoms with E-state index in [1.54, 1.807) is 17.0 Å². The Morgan fingerprint density at radius 3 is 2.35 bits per heavy atom. The Morgan fingerprint density at radius 2 is 1.80 bits per heavy atom. The first-order valence-corrected chi connectivity index (χ1v) is 6.58. The molecule has 1 aromatic carbocycles. The van der Waals surface area contributed by atoms with Crippen molar-refractivity contribution in [1.82, 2.24) is 9.80 Å². The predicted molar refractivity (Wildman–Crippen MR) is 71.3 cm³/mol. The van der Waals surface area contributed by atoms with Gasteiger partial charge in [-0.2, -0.15) is 0 Å². The van der Waals surface area contributed by atoms with E-state index in [1.165, 1.54) is 17.0 Å². The van der Waals surface area contributed by atoms with Gasteiger partial charge < -0.3 is 14.9 Å². The number of benzene rings is 1. The minimum Gasteiger partial charge on any atom is -0.508 e. The number of hydrogen-bond donors (Lipinski definition) is 1. The van der Waals surface area contributed by atoms with Crippen LogP contribution in [-0.4, -0.2) is 58.5 Å². The van der Waals surface area contributed by atoms with Crippen LogP contribution in [0.3, 0.4) is 0 Å². The minimum atomic E-state index is -2.04. The van der Waals surface area contributed by atoms with E-state index in [2.05, 4.69) is 0 Å². The third-order valence-electron chi connectivity index (χ3n) is 3.16. The van der Waals surface area contributed by atoms with Gasteiger partial charge in [-0.05, 0) is 18.2 Å². The molecule has 7 heteroatoms. The molecule has 1 aliphatic rings. The first-order valence-electron chi connectivity index (χ1n) is 6.14. The topological polar surface area (TPSA) is 60.9 Å². The Balaban J connectivity index is 1.97. The number of hydrogen-bond acceptors (Lipinski definition) is 3. The summed E-state index contributed by atoms with van der Waals surface area (Å²) in [6.45, 7) is 1.11. The number of phenols is 1. The van der Waals surface area contributed by atoms with Crippen LogP contribution in [0.1, 0.15) is 10.4 Å². The summed E-state index contributed by atoms with van der Waals surface area (Å²) in [6, 6.07) is 6.06. The van der Waals surface area contributed by atoms with Crippen molar-refractivity contribution < 1.29 is 19.1 Å². The van der Waals surface area contributed by atoms with Crippen LogP contribution < -0.4 is 0 Å². The van der Waals surface area contributed by atoms with Gasteiger partial charge in [-0.1, -0.05) is 17.7 Å². The van der Waals surface area contributed by atoms with E-state index < -0.39 is 11.5 Å². The van der Waals surface area contributed by atoms with E-state index >= 15 is 0 Å². The molecule has 1 unspecified atom stereocenters. The highest BCUT2D eigenvalue weighted by Crippen LogP contribution is 2.15. The molecule has 0 bridgehead atoms. The predicted octanol–water partition coefficient (Wildman–Crippen LogP) is 1.21. The van der Waals surface area contributed by atoms with Crippen LogP contribution in [0.2, 0.25) is 0 Å². The van der Waals surface area contributed by atoms with E-state index in [4.69, 9.17) is 11.6 Å². The Kier molecular flexibility index (Phi) is 4.44. The number of halogens is 2. The van der Waals surface area contributed by atoms with Gasteiger partial charge in [0, 0.05) is 31.7 Å². The Labute approximate surface area is 120 Å². The molecule has 20 heavy (non-hydrogen) atoms. The largest absolute Gasteiger partial charge is 0.508 e. The lowest BCUT2D eigenvalue weighted by atomic mass is 10.1. The SMILES string of the molecule is O=C(c1cccc(O)c1)N1CCN(C(=O)C(F)Cl)CC1. The number of carbonyl (C=O) groups excluding carboxylic acids is 2. The third-order valence-corrected chi connectivity index (χ3v) is 3.35. The Hall–Kier alpha value is -1.82. The van der Waals surface area contributed by atoms with Gasteiger partial charge in [-0.3, -0.25) is 9.59 Å². The molecule has 5 nitrogen and oxygen atoms in total. The summed E-state index contributed by atoms with van der Waals surface area (Å²) in [6.07, 6.45) is 0. The van der Waals surface area contributed by atoms with Crippen molar-refractivity contribution in [3.8, 4) is 5.75 Å². The van der Waals surface area contributed by atoms with E-state index in [0.29, 0.717) is 18.7 Å². The summed E-state index contributed by atoms with van der Waals surface area (Å²) < 4.78 is 12.7. The number of nitrogens with zero attached hydrogens (tertiary/aromatic N) is 2. The van der Waals surface area contributed by atoms with Gasteiger partial charge in [0.2, 0.25) is 0 Å². The number of rotatable bonds is 2. The molecule has 1 N–H and O–H groups in total. The first kappa shape index (κ1) is 14.6. The molecule has 1 heterocycles. The normalized spacial score (nSPS) is 16.9. The Bertz CT molecular complexity index is 516. The van der Waals surface area contributed by atoms with Crippen LogP contribution >= 0.6 is 11.6 Å². The number of carbonyl (C=O) groups is 2. The molecular formula is C13H14ClFN2O3. The third kappa shape index (κ3) is 3.19. The lowest BCUT2D eigenvalue weighted by Crippen LogP contribution is -2.51. The summed E-state index contributed by atoms with van der Waals surface area (Å²) in [5, 5.41) is 9.36. The van der Waals surface area contributed by atoms with Gasteiger partial charge in [0.25, 0.3) is 17.4 Å². The standard InChI is InChI=1S/C13H14ClFN2O3/c14-11(15)13(20)17-6-4-16(5-7-17)12(19)9-2-1-3-10(18)8-9/h1-3,8,11,18H,4-7H2. The average molecular weight is 301 g/mol. The number of alkyl halides is 2. The quantitative estimate of drug-likeness (QED) is 0.835. The van der Waals surface area contributed by atoms with E-state index in [1.807, 2.05) is 0 Å². The summed E-state index contributed by atoms with van der Waals surface area (Å²) in [5.41, 5.74) is -1.66. The van der Waals surface area contributed by atoms with Crippen LogP contribution in [0, 0.1) is 0 Å². The molecule has 1 atom stereocenters. The fourth-order valence-corrected chi connectivity index (χ4v) is 2.23. The van der Waals surface area contributed by atoms with E-state index in [-0.39, 0.29) is 24.7 Å². The fourth-order valence-electron chi connectivity index (χ4n) is 2.09. The Morgan fingerprint density at radius 1 is 1.20 bits per heavy atom. The average Bonchev–Trinajstić information content (AvgIpc) is 2.46. The second-order valence-corrected chi connectivity index (χ2v) is 4.85. The maximum absolute atomic E-state index is 12.7. The van der Waals surface area contributed by atoms with Crippen LogP contribution in [0.15, 0.2) is 24.3 Å². The number of piperazine rings is 1. The highest BCUT2D eigenvalue weighted by Gasteiger charge is 2.28. The van der Waals surface area contributed by atoms with Crippen LogP contribution in [0.5, 0.6) is 5.75 Å². The zero-order chi connectivity index (χ0) is 14.7. The second-order valence-electron chi connectivity index (χ2n) is 4.47. The monoisotopic (exact) mass is 300 g/mol. The summed E-state index contributed by atoms with van der Waals surface area (Å²) >= 11 is 5.11. The highest BCUT2D eigenvalue weighted by molar-refractivity contribution is 6.29. The summed E-state index contributed by atoms with van der Waals surface area (Å²) in [7, 11) is 0. The van der Waals surface area contributed by atoms with Crippen LogP contribution in [0.4, 0.5) is 4.39 Å². The van der Waals surface area contributed by atoms with Crippen molar-refractivity contribution in [2.45, 2.75) is 5.63 Å². The smallest absolute Gasteiger partial charge is 0.272 e. The van der Waals surface area contributed by atoms with Gasteiger partial charge in [0.15, 0.2) is 0 Å². The van der Waals surface area contributed by atoms with Crippen LogP contribution in [-0.2, 0) is 4.79 Å². The molecule has 2 amide bonds. The van der Waals surface area contributed by atoms with Gasteiger partial charge in [-0.15, -0.1) is 0 Å². The van der Waals surface area contributed by atoms with E-state index in [0.717, 1.165) is 0 Å². The number of amides is 2. The van der Waals surface area contributed by atoms with Gasteiger partial charge in [0.1, 0.15) is 5.75 Å². The minimum absolute atomic E-state index is 0.0204. The summed E-state index contributed by atoms with van der Waals surface area (Å²) in [5.74, 6) is -0.973. The second kappa shape index (κ2) is 6.09. The molecule has 2 rings (SSSR count). The molecule has 108 valence electrons. The van der Waals surface area contributed by atoms with Crippen molar-refractivity contribution >= 4 is 23.4 Å². The van der Waals surface area contributed by atoms with Crippen molar-refractivity contribution in [3.05, 3.63) is 29.8 Å². The molecular weight excluding hydrogens is 287 g/mol. The molecule has 0 aliphatic carbocycles. The lowest BCUT2D eigenvalue weighted by molar-refractivity contribution is -0.135. The van der Waals surface area contributed by atoms with E-state index in [9.17, 15) is 19.1 Å². The maximum atomic E-state index is 12.7. The molecule has 0 aromatic heterocycles. The molecule has 1 aliphatic heterocycles. The zero-order valence-corrected chi connectivity index (χ0v) is 11.4. The van der Waals surface area contributed by atoms with Crippen molar-refractivity contribution in [1.29, 1.82) is 0 Å². The fraction of sp³-hybridized carbons (Fsp3) is 0.385. The first-order chi connectivity index (χ1) is 9.49. The van der Waals surface area contributed by atoms with Gasteiger partial charge in [-0.25, -0.2) is 4.39 Å². The number of aromatic hydroxyl groups is 1. The van der Waals surface area contributed by atoms with Gasteiger partial charge in [0.05, 0.1) is 0 Å². The van der Waals surface area contributed by atoms with Crippen molar-refractivity contribution in [3.63, 3.8) is 0 Å².